The quantitative estimate of drug-likeness (QED) is 0.0350. The molecule has 0 aromatic heterocycles. The third-order valence-corrected chi connectivity index (χ3v) is 8.32. The summed E-state index contributed by atoms with van der Waals surface area (Å²) in [5.74, 6) is 0.197. The highest BCUT2D eigenvalue weighted by atomic mass is 35.5. The summed E-state index contributed by atoms with van der Waals surface area (Å²) >= 11 is 10.3. The van der Waals surface area contributed by atoms with Gasteiger partial charge in [0.15, 0.2) is 11.1 Å². The van der Waals surface area contributed by atoms with Crippen molar-refractivity contribution in [1.82, 2.24) is 0 Å². The summed E-state index contributed by atoms with van der Waals surface area (Å²) in [5, 5.41) is 9.81. The van der Waals surface area contributed by atoms with E-state index < -0.39 is 27.2 Å². The number of rotatable bonds is 11. The highest BCUT2D eigenvalue weighted by Crippen LogP contribution is 2.26. The summed E-state index contributed by atoms with van der Waals surface area (Å²) in [5.41, 5.74) is 14.5. The maximum Gasteiger partial charge on any atom is 0.335 e. The first kappa shape index (κ1) is 40.0. The number of nitrogens with two attached hydrogens (primary N) is 2. The smallest absolute Gasteiger partial charge is 0.335 e. The average molecular weight is 741 g/mol. The number of hydrogen-bond acceptors (Lipinski definition) is 9. The minimum atomic E-state index is -4.27. The summed E-state index contributed by atoms with van der Waals surface area (Å²) in [6.45, 7) is 2.48. The van der Waals surface area contributed by atoms with Gasteiger partial charge in [-0.15, -0.1) is 0 Å². The molecule has 0 heterocycles. The van der Waals surface area contributed by atoms with Crippen molar-refractivity contribution in [2.75, 3.05) is 30.9 Å². The van der Waals surface area contributed by atoms with Gasteiger partial charge in [0.05, 0.1) is 35.0 Å². The Labute approximate surface area is 291 Å². The van der Waals surface area contributed by atoms with Crippen LogP contribution in [0.5, 0.6) is 11.5 Å². The number of carbonyl (C=O) groups is 1. The predicted molar refractivity (Wildman–Crippen MR) is 190 cm³/mol. The molecule has 0 saturated heterocycles. The van der Waals surface area contributed by atoms with Crippen molar-refractivity contribution in [2.45, 2.75) is 24.7 Å². The number of anilines is 2. The molecule has 0 aliphatic carbocycles. The molecule has 1 atom stereocenters. The highest BCUT2D eigenvalue weighted by Gasteiger charge is 2.16. The molecule has 0 amide bonds. The van der Waals surface area contributed by atoms with Crippen molar-refractivity contribution < 1.29 is 41.1 Å². The van der Waals surface area contributed by atoms with Gasteiger partial charge >= 0.3 is 5.97 Å². The zero-order chi connectivity index (χ0) is 35.9. The van der Waals surface area contributed by atoms with Crippen LogP contribution in [0.3, 0.4) is 0 Å². The topological polar surface area (TPSA) is 212 Å². The molecule has 0 radical (unpaired) electrons. The molecule has 258 valence electrons. The molecule has 4 rings (SSSR count). The van der Waals surface area contributed by atoms with Gasteiger partial charge in [-0.25, -0.2) is 9.00 Å². The predicted octanol–water partition coefficient (Wildman–Crippen LogP) is 6.92. The Morgan fingerprint density at radius 3 is 2.17 bits per heavy atom. The molecule has 12 nitrogen and oxygen atoms in total. The zero-order valence-electron chi connectivity index (χ0n) is 25.9. The Kier molecular flexibility index (Phi) is 16.3. The third kappa shape index (κ3) is 13.9. The van der Waals surface area contributed by atoms with Crippen LogP contribution in [0.15, 0.2) is 88.8 Å². The lowest BCUT2D eigenvalue weighted by atomic mass is 10.2. The van der Waals surface area contributed by atoms with E-state index in [4.69, 9.17) is 58.4 Å². The Hall–Kier alpha value is -4.18. The van der Waals surface area contributed by atoms with E-state index in [2.05, 4.69) is 4.99 Å². The lowest BCUT2D eigenvalue weighted by molar-refractivity contribution is 0.0697. The number of halogens is 2. The number of methoxy groups -OCH3 is 1. The summed E-state index contributed by atoms with van der Waals surface area (Å²) in [7, 11) is -2.97. The summed E-state index contributed by atoms with van der Waals surface area (Å²) in [6.07, 6.45) is 3.02. The lowest BCUT2D eigenvalue weighted by Gasteiger charge is -2.07. The number of aryl methyl sites for hydroxylation is 1. The van der Waals surface area contributed by atoms with E-state index in [-0.39, 0.29) is 21.9 Å². The van der Waals surface area contributed by atoms with Gasteiger partial charge in [0, 0.05) is 28.9 Å². The van der Waals surface area contributed by atoms with Gasteiger partial charge in [0.2, 0.25) is 0 Å². The molecule has 7 N–H and O–H groups in total. The van der Waals surface area contributed by atoms with E-state index in [0.29, 0.717) is 40.1 Å². The van der Waals surface area contributed by atoms with E-state index in [1.54, 1.807) is 36.5 Å². The molecule has 16 heteroatoms. The van der Waals surface area contributed by atoms with E-state index in [1.807, 2.05) is 25.1 Å². The fraction of sp³-hybridized carbons (Fsp3) is 0.188. The molecule has 1 unspecified atom stereocenters. The number of hydrogen-bond donors (Lipinski definition) is 5. The molecule has 0 spiro atoms. The second kappa shape index (κ2) is 19.6. The van der Waals surface area contributed by atoms with Crippen molar-refractivity contribution in [3.63, 3.8) is 0 Å². The third-order valence-electron chi connectivity index (χ3n) is 6.15. The second-order valence-electron chi connectivity index (χ2n) is 9.73. The molecule has 4 aromatic carbocycles. The van der Waals surface area contributed by atoms with Gasteiger partial charge in [-0.3, -0.25) is 9.55 Å². The van der Waals surface area contributed by atoms with Crippen LogP contribution >= 0.6 is 23.2 Å². The zero-order valence-corrected chi connectivity index (χ0v) is 29.0. The molecular weight excluding hydrogens is 705 g/mol. The monoisotopic (exact) mass is 739 g/mol. The SMILES string of the molecule is COc1ccc(N)cc1S(=O)(=O)O.Cc1cc(OCCCCS(=O)O)ccc1N.O=C(O)c1ccc(N=Cc2c(Cl)cccc2Cl)cc1. The van der Waals surface area contributed by atoms with Crippen LogP contribution in [0, 0.1) is 6.92 Å². The first-order valence-corrected chi connectivity index (χ1v) is 17.4. The molecule has 0 aliphatic rings. The molecule has 0 fully saturated rings. The van der Waals surface area contributed by atoms with Crippen LogP contribution in [0.4, 0.5) is 17.1 Å². The Bertz CT molecular complexity index is 1820. The molecule has 0 aliphatic heterocycles. The Morgan fingerprint density at radius 1 is 0.979 bits per heavy atom. The molecule has 4 aromatic rings. The highest BCUT2D eigenvalue weighted by molar-refractivity contribution is 7.86. The fourth-order valence-corrected chi connectivity index (χ4v) is 5.25. The standard InChI is InChI=1S/C14H9Cl2NO2.C11H17NO3S.C7H9NO4S/c15-12-2-1-3-13(16)11(12)8-17-10-6-4-9(5-7-10)14(18)19;1-9-8-10(4-5-11(9)12)15-6-2-3-7-16(13)14;1-12-6-3-2-5(8)4-7(6)13(9,10)11/h1-8H,(H,18,19);4-5,8H,2-3,6-7,12H2,1H3,(H,13,14);2-4H,8H2,1H3,(H,9,10,11). The van der Waals surface area contributed by atoms with Crippen LogP contribution in [0.2, 0.25) is 10.0 Å². The van der Waals surface area contributed by atoms with Crippen molar-refractivity contribution in [1.29, 1.82) is 0 Å². The Balaban J connectivity index is 0.000000255. The molecule has 0 bridgehead atoms. The molecular formula is C32H35Cl2N3O9S2. The van der Waals surface area contributed by atoms with E-state index >= 15 is 0 Å². The first-order chi connectivity index (χ1) is 22.6. The minimum Gasteiger partial charge on any atom is -0.495 e. The molecule has 48 heavy (non-hydrogen) atoms. The van der Waals surface area contributed by atoms with Crippen molar-refractivity contribution >= 4 is 73.6 Å². The normalized spacial score (nSPS) is 11.5. The maximum atomic E-state index is 10.8. The maximum absolute atomic E-state index is 10.8. The van der Waals surface area contributed by atoms with Crippen molar-refractivity contribution in [3.8, 4) is 11.5 Å². The average Bonchev–Trinajstić information content (AvgIpc) is 3.02. The summed E-state index contributed by atoms with van der Waals surface area (Å²) in [4.78, 5) is 14.6. The van der Waals surface area contributed by atoms with Crippen LogP contribution in [-0.2, 0) is 21.2 Å². The number of carboxylic acid groups (broad SMARTS) is 1. The van der Waals surface area contributed by atoms with Gasteiger partial charge in [-0.05, 0) is 98.1 Å². The first-order valence-electron chi connectivity index (χ1n) is 13.9. The number of aliphatic imine (C=N–C) groups is 1. The van der Waals surface area contributed by atoms with Gasteiger partial charge in [0.25, 0.3) is 10.1 Å². The fourth-order valence-electron chi connectivity index (χ4n) is 3.61. The van der Waals surface area contributed by atoms with Crippen LogP contribution < -0.4 is 20.9 Å². The summed E-state index contributed by atoms with van der Waals surface area (Å²) in [6, 6.07) is 20.9. The van der Waals surface area contributed by atoms with Gasteiger partial charge < -0.3 is 30.6 Å². The van der Waals surface area contributed by atoms with Crippen LogP contribution in [-0.4, -0.2) is 58.5 Å². The van der Waals surface area contributed by atoms with E-state index in [1.165, 1.54) is 31.4 Å². The second-order valence-corrected chi connectivity index (χ2v) is 13.0. The van der Waals surface area contributed by atoms with Crippen LogP contribution in [0.25, 0.3) is 0 Å². The van der Waals surface area contributed by atoms with Crippen LogP contribution in [0.1, 0.15) is 34.3 Å². The van der Waals surface area contributed by atoms with Crippen molar-refractivity contribution in [2.24, 2.45) is 4.99 Å². The largest absolute Gasteiger partial charge is 0.495 e. The summed E-state index contributed by atoms with van der Waals surface area (Å²) < 4.78 is 59.5. The number of carboxylic acids is 1. The van der Waals surface area contributed by atoms with Gasteiger partial charge in [-0.1, -0.05) is 29.3 Å². The van der Waals surface area contributed by atoms with Gasteiger partial charge in [-0.2, -0.15) is 8.42 Å². The number of unbranched alkanes of at least 4 members (excludes halogenated alkanes) is 1. The van der Waals surface area contributed by atoms with Crippen molar-refractivity contribution in [3.05, 3.63) is 106 Å². The number of nitrogens with zero attached hydrogens (tertiary/aromatic N) is 1. The lowest BCUT2D eigenvalue weighted by Crippen LogP contribution is -2.02. The molecule has 0 saturated carbocycles. The number of ether oxygens (including phenoxy) is 2. The van der Waals surface area contributed by atoms with Gasteiger partial charge in [0.1, 0.15) is 16.4 Å². The number of benzene rings is 4. The van der Waals surface area contributed by atoms with E-state index in [9.17, 15) is 17.4 Å². The number of aromatic carboxylic acids is 1. The Morgan fingerprint density at radius 2 is 1.62 bits per heavy atom. The minimum absolute atomic E-state index is 0.0664. The number of nitrogen functional groups attached to an aromatic ring is 2. The van der Waals surface area contributed by atoms with E-state index in [0.717, 1.165) is 29.5 Å².